The first kappa shape index (κ1) is 15.5. The van der Waals surface area contributed by atoms with Crippen molar-refractivity contribution >= 4 is 43.9 Å². The minimum Gasteiger partial charge on any atom is -0.506 e. The molecule has 0 spiro atoms. The number of aliphatic hydroxyl groups is 1. The van der Waals surface area contributed by atoms with Gasteiger partial charge in [0.1, 0.15) is 5.76 Å². The molecule has 4 rings (SSSR count). The van der Waals surface area contributed by atoms with E-state index < -0.39 is 0 Å². The number of carbonyl (C=O) groups excluding carboxylic acids is 1. The summed E-state index contributed by atoms with van der Waals surface area (Å²) in [5, 5.41) is 15.5. The molecule has 0 saturated heterocycles. The molecular formula is C19H15N3O2S. The molecule has 0 amide bonds. The number of benzene rings is 2. The smallest absolute Gasteiger partial charge is 0.204 e. The molecule has 0 unspecified atom stereocenters. The zero-order valence-corrected chi connectivity index (χ0v) is 14.3. The standard InChI is InChI=1S/C19H15N3O2S/c1-2-13(16-17(23)11-7-3-4-8-12(11)18(16)24)21-22-19-20-14-9-5-6-10-15(14)25-19/h3-10,23H,2H2,1H3,(H,20,22). The van der Waals surface area contributed by atoms with Crippen molar-refractivity contribution in [3.05, 3.63) is 65.2 Å². The Labute approximate surface area is 148 Å². The molecule has 0 radical (unpaired) electrons. The maximum Gasteiger partial charge on any atom is 0.204 e. The van der Waals surface area contributed by atoms with E-state index in [1.54, 1.807) is 24.3 Å². The van der Waals surface area contributed by atoms with Crippen molar-refractivity contribution in [3.8, 4) is 0 Å². The minimum absolute atomic E-state index is 0.00713. The average Bonchev–Trinajstić information content (AvgIpc) is 3.16. The fourth-order valence-corrected chi connectivity index (χ4v) is 3.69. The summed E-state index contributed by atoms with van der Waals surface area (Å²) in [5.41, 5.74) is 5.67. The van der Waals surface area contributed by atoms with Crippen LogP contribution in [0.2, 0.25) is 0 Å². The maximum absolute atomic E-state index is 12.6. The number of fused-ring (bicyclic) bond motifs is 2. The summed E-state index contributed by atoms with van der Waals surface area (Å²) in [6.07, 6.45) is 0.511. The average molecular weight is 349 g/mol. The molecule has 25 heavy (non-hydrogen) atoms. The van der Waals surface area contributed by atoms with Crippen LogP contribution in [0.4, 0.5) is 5.13 Å². The molecule has 1 aliphatic rings. The number of hydrogen-bond donors (Lipinski definition) is 2. The summed E-state index contributed by atoms with van der Waals surface area (Å²) in [7, 11) is 0. The minimum atomic E-state index is -0.195. The fourth-order valence-electron chi connectivity index (χ4n) is 2.88. The Kier molecular flexibility index (Phi) is 3.82. The maximum atomic E-state index is 12.6. The predicted molar refractivity (Wildman–Crippen MR) is 101 cm³/mol. The molecule has 6 heteroatoms. The largest absolute Gasteiger partial charge is 0.506 e. The van der Waals surface area contributed by atoms with Gasteiger partial charge in [-0.15, -0.1) is 0 Å². The number of rotatable bonds is 4. The van der Waals surface area contributed by atoms with Gasteiger partial charge < -0.3 is 5.11 Å². The Morgan fingerprint density at radius 1 is 1.16 bits per heavy atom. The van der Waals surface area contributed by atoms with Crippen molar-refractivity contribution in [2.75, 3.05) is 5.43 Å². The van der Waals surface area contributed by atoms with Gasteiger partial charge in [0.25, 0.3) is 0 Å². The van der Waals surface area contributed by atoms with Crippen LogP contribution in [0.15, 0.2) is 59.2 Å². The van der Waals surface area contributed by atoms with E-state index in [9.17, 15) is 9.90 Å². The number of hydrazone groups is 1. The number of carbonyl (C=O) groups is 1. The summed E-state index contributed by atoms with van der Waals surface area (Å²) < 4.78 is 1.06. The van der Waals surface area contributed by atoms with Crippen LogP contribution in [0.3, 0.4) is 0 Å². The van der Waals surface area contributed by atoms with Crippen molar-refractivity contribution in [1.82, 2.24) is 4.98 Å². The lowest BCUT2D eigenvalue weighted by Crippen LogP contribution is -2.12. The zero-order chi connectivity index (χ0) is 17.4. The number of allylic oxidation sites excluding steroid dienone is 1. The predicted octanol–water partition coefficient (Wildman–Crippen LogP) is 4.64. The quantitative estimate of drug-likeness (QED) is 0.531. The molecule has 0 bridgehead atoms. The summed E-state index contributed by atoms with van der Waals surface area (Å²) >= 11 is 1.49. The normalized spacial score (nSPS) is 14.3. The molecule has 1 heterocycles. The van der Waals surface area contributed by atoms with Gasteiger partial charge in [-0.1, -0.05) is 54.7 Å². The van der Waals surface area contributed by atoms with E-state index >= 15 is 0 Å². The van der Waals surface area contributed by atoms with E-state index in [2.05, 4.69) is 15.5 Å². The molecule has 1 aromatic heterocycles. The second-order valence-corrected chi connectivity index (χ2v) is 6.64. The molecule has 1 aliphatic carbocycles. The Morgan fingerprint density at radius 2 is 1.88 bits per heavy atom. The number of Topliss-reactive ketones (excluding diaryl/α,β-unsaturated/α-hetero) is 1. The highest BCUT2D eigenvalue weighted by molar-refractivity contribution is 7.22. The number of nitrogens with zero attached hydrogens (tertiary/aromatic N) is 2. The highest BCUT2D eigenvalue weighted by Crippen LogP contribution is 2.32. The van der Waals surface area contributed by atoms with Gasteiger partial charge in [-0.25, -0.2) is 4.98 Å². The number of ketones is 1. The Hall–Kier alpha value is -2.99. The van der Waals surface area contributed by atoms with Gasteiger partial charge in [-0.3, -0.25) is 10.2 Å². The van der Waals surface area contributed by atoms with Crippen molar-refractivity contribution in [2.24, 2.45) is 5.10 Å². The zero-order valence-electron chi connectivity index (χ0n) is 13.5. The Balaban J connectivity index is 1.67. The number of aromatic nitrogens is 1. The number of para-hydroxylation sites is 1. The fraction of sp³-hybridized carbons (Fsp3) is 0.105. The number of anilines is 1. The molecule has 2 aromatic carbocycles. The third-order valence-electron chi connectivity index (χ3n) is 4.09. The molecule has 124 valence electrons. The number of thiazole rings is 1. The second kappa shape index (κ2) is 6.14. The van der Waals surface area contributed by atoms with Crippen LogP contribution in [0, 0.1) is 0 Å². The van der Waals surface area contributed by atoms with Crippen molar-refractivity contribution in [1.29, 1.82) is 0 Å². The van der Waals surface area contributed by atoms with Crippen LogP contribution in [0.1, 0.15) is 29.3 Å². The molecular weight excluding hydrogens is 334 g/mol. The van der Waals surface area contributed by atoms with Gasteiger partial charge in [0, 0.05) is 11.1 Å². The van der Waals surface area contributed by atoms with Crippen LogP contribution < -0.4 is 5.43 Å². The summed E-state index contributed by atoms with van der Waals surface area (Å²) in [6, 6.07) is 14.9. The number of nitrogens with one attached hydrogen (secondary N) is 1. The SMILES string of the molecule is CCC(=NNc1nc2ccccc2s1)C1=C(O)c2ccccc2C1=O. The first-order valence-corrected chi connectivity index (χ1v) is 8.76. The molecule has 3 aromatic rings. The second-order valence-electron chi connectivity index (χ2n) is 5.61. The summed E-state index contributed by atoms with van der Waals surface area (Å²) in [5.74, 6) is -0.202. The summed E-state index contributed by atoms with van der Waals surface area (Å²) in [4.78, 5) is 17.1. The van der Waals surface area contributed by atoms with Gasteiger partial charge >= 0.3 is 0 Å². The van der Waals surface area contributed by atoms with Crippen LogP contribution in [-0.4, -0.2) is 21.6 Å². The Morgan fingerprint density at radius 3 is 2.60 bits per heavy atom. The van der Waals surface area contributed by atoms with Gasteiger partial charge in [-0.2, -0.15) is 5.10 Å². The number of aliphatic hydroxyl groups excluding tert-OH is 1. The lowest BCUT2D eigenvalue weighted by molar-refractivity contribution is 0.104. The van der Waals surface area contributed by atoms with Crippen molar-refractivity contribution < 1.29 is 9.90 Å². The lowest BCUT2D eigenvalue weighted by atomic mass is 10.0. The molecule has 0 atom stereocenters. The lowest BCUT2D eigenvalue weighted by Gasteiger charge is -2.05. The van der Waals surface area contributed by atoms with E-state index in [4.69, 9.17) is 0 Å². The topological polar surface area (TPSA) is 74.6 Å². The summed E-state index contributed by atoms with van der Waals surface area (Å²) in [6.45, 7) is 1.90. The molecule has 2 N–H and O–H groups in total. The van der Waals surface area contributed by atoms with Crippen LogP contribution in [0.5, 0.6) is 0 Å². The van der Waals surface area contributed by atoms with Crippen LogP contribution in [-0.2, 0) is 0 Å². The monoisotopic (exact) mass is 349 g/mol. The van der Waals surface area contributed by atoms with Gasteiger partial charge in [0.05, 0.1) is 21.5 Å². The molecule has 5 nitrogen and oxygen atoms in total. The van der Waals surface area contributed by atoms with Gasteiger partial charge in [0.15, 0.2) is 5.78 Å². The van der Waals surface area contributed by atoms with Crippen molar-refractivity contribution in [2.45, 2.75) is 13.3 Å². The number of hydrogen-bond acceptors (Lipinski definition) is 6. The Bertz CT molecular complexity index is 1020. The molecule has 0 fully saturated rings. The molecule has 0 aliphatic heterocycles. The van der Waals surface area contributed by atoms with Gasteiger partial charge in [0.2, 0.25) is 5.13 Å². The highest BCUT2D eigenvalue weighted by Gasteiger charge is 2.31. The van der Waals surface area contributed by atoms with Gasteiger partial charge in [-0.05, 0) is 18.6 Å². The first-order valence-electron chi connectivity index (χ1n) is 7.95. The first-order chi connectivity index (χ1) is 12.2. The third-order valence-corrected chi connectivity index (χ3v) is 5.04. The van der Waals surface area contributed by atoms with E-state index in [-0.39, 0.29) is 17.1 Å². The van der Waals surface area contributed by atoms with E-state index in [0.29, 0.717) is 28.4 Å². The van der Waals surface area contributed by atoms with E-state index in [1.165, 1.54) is 11.3 Å². The highest BCUT2D eigenvalue weighted by atomic mass is 32.1. The van der Waals surface area contributed by atoms with Crippen LogP contribution in [0.25, 0.3) is 16.0 Å². The molecule has 0 saturated carbocycles. The van der Waals surface area contributed by atoms with E-state index in [1.807, 2.05) is 31.2 Å². The van der Waals surface area contributed by atoms with E-state index in [0.717, 1.165) is 10.2 Å². The van der Waals surface area contributed by atoms with Crippen LogP contribution >= 0.6 is 11.3 Å². The van der Waals surface area contributed by atoms with Crippen molar-refractivity contribution in [3.63, 3.8) is 0 Å². The third kappa shape index (κ3) is 2.60.